The molecule has 1 saturated heterocycles. The second-order valence-corrected chi connectivity index (χ2v) is 6.02. The summed E-state index contributed by atoms with van der Waals surface area (Å²) in [6.07, 6.45) is 0.953. The van der Waals surface area contributed by atoms with E-state index in [-0.39, 0.29) is 17.9 Å². The lowest BCUT2D eigenvalue weighted by atomic mass is 9.95. The third-order valence-corrected chi connectivity index (χ3v) is 4.39. The molecule has 0 aromatic heterocycles. The zero-order chi connectivity index (χ0) is 15.7. The molecule has 1 saturated carbocycles. The Hall–Kier alpha value is -1.99. The molecule has 1 aliphatic carbocycles. The summed E-state index contributed by atoms with van der Waals surface area (Å²) in [5.41, 5.74) is 0. The van der Waals surface area contributed by atoms with Crippen LogP contribution < -0.4 is 5.32 Å². The zero-order valence-electron chi connectivity index (χ0n) is 12.0. The Labute approximate surface area is 121 Å². The van der Waals surface area contributed by atoms with E-state index in [0.29, 0.717) is 6.42 Å². The summed E-state index contributed by atoms with van der Waals surface area (Å²) in [4.78, 5) is 47.2. The summed E-state index contributed by atoms with van der Waals surface area (Å²) in [7, 11) is 0. The fraction of sp³-hybridized carbons (Fsp3) is 0.769. The van der Waals surface area contributed by atoms with Gasteiger partial charge in [0.15, 0.2) is 0 Å². The first-order valence-electron chi connectivity index (χ1n) is 7.05. The number of likely N-dealkylation sites (tertiary alicyclic amines) is 1. The first-order chi connectivity index (χ1) is 9.86. The molecule has 2 unspecified atom stereocenters. The van der Waals surface area contributed by atoms with Crippen molar-refractivity contribution in [2.75, 3.05) is 0 Å². The number of amides is 3. The summed E-state index contributed by atoms with van der Waals surface area (Å²) in [5, 5.41) is 13.5. The molecule has 116 valence electrons. The summed E-state index contributed by atoms with van der Waals surface area (Å²) < 4.78 is 0. The summed E-state index contributed by atoms with van der Waals surface area (Å²) in [6.45, 7) is 3.45. The maximum absolute atomic E-state index is 12.6. The smallest absolute Gasteiger partial charge is 0.405 e. The molecular weight excluding hydrogens is 278 g/mol. The molecule has 8 nitrogen and oxygen atoms in total. The maximum atomic E-state index is 12.6. The van der Waals surface area contributed by atoms with Crippen LogP contribution in [0.1, 0.15) is 33.1 Å². The average molecular weight is 297 g/mol. The Bertz CT molecular complexity index is 478. The molecule has 2 aliphatic rings. The van der Waals surface area contributed by atoms with E-state index >= 15 is 0 Å². The minimum atomic E-state index is -1.29. The van der Waals surface area contributed by atoms with Gasteiger partial charge in [-0.25, -0.2) is 4.79 Å². The zero-order valence-corrected chi connectivity index (χ0v) is 12.0. The first-order valence-corrected chi connectivity index (χ1v) is 7.05. The van der Waals surface area contributed by atoms with Crippen molar-refractivity contribution in [2.24, 2.45) is 17.0 Å². The lowest BCUT2D eigenvalue weighted by molar-refractivity contribution is -0.144. The quantitative estimate of drug-likeness (QED) is 0.749. The number of carbonyl (C=O) groups excluding carboxylic acids is 2. The molecule has 0 aromatic rings. The summed E-state index contributed by atoms with van der Waals surface area (Å²) in [6, 6.07) is -1.86. The van der Waals surface area contributed by atoms with Gasteiger partial charge in [0, 0.05) is 11.2 Å². The van der Waals surface area contributed by atoms with E-state index in [2.05, 4.69) is 10.5 Å². The number of rotatable bonds is 4. The highest BCUT2D eigenvalue weighted by Gasteiger charge is 2.53. The summed E-state index contributed by atoms with van der Waals surface area (Å²) in [5.74, 6) is -1.58. The van der Waals surface area contributed by atoms with Crippen molar-refractivity contribution in [3.63, 3.8) is 0 Å². The fourth-order valence-corrected chi connectivity index (χ4v) is 3.48. The van der Waals surface area contributed by atoms with Crippen molar-refractivity contribution < 1.29 is 19.5 Å². The Morgan fingerprint density at radius 2 is 1.95 bits per heavy atom. The van der Waals surface area contributed by atoms with E-state index in [0.717, 1.165) is 12.8 Å². The van der Waals surface area contributed by atoms with Crippen molar-refractivity contribution in [1.29, 1.82) is 0 Å². The minimum Gasteiger partial charge on any atom is -0.465 e. The van der Waals surface area contributed by atoms with Crippen molar-refractivity contribution >= 4 is 17.9 Å². The molecule has 0 radical (unpaired) electrons. The Morgan fingerprint density at radius 1 is 1.29 bits per heavy atom. The highest BCUT2D eigenvalue weighted by molar-refractivity contribution is 5.92. The average Bonchev–Trinajstić information content (AvgIpc) is 3.03. The lowest BCUT2D eigenvalue weighted by Crippen LogP contribution is -2.57. The van der Waals surface area contributed by atoms with Gasteiger partial charge < -0.3 is 15.3 Å². The van der Waals surface area contributed by atoms with Gasteiger partial charge in [0.2, 0.25) is 5.91 Å². The van der Waals surface area contributed by atoms with E-state index in [1.807, 2.05) is 0 Å². The van der Waals surface area contributed by atoms with Gasteiger partial charge >= 0.3 is 12.0 Å². The van der Waals surface area contributed by atoms with Crippen LogP contribution in [-0.4, -0.2) is 46.0 Å². The predicted molar refractivity (Wildman–Crippen MR) is 72.4 cm³/mol. The minimum absolute atomic E-state index is 0.0400. The molecule has 0 aromatic carbocycles. The Kier molecular flexibility index (Phi) is 4.24. The topological polar surface area (TPSA) is 116 Å². The van der Waals surface area contributed by atoms with Gasteiger partial charge in [0.05, 0.1) is 0 Å². The van der Waals surface area contributed by atoms with Crippen molar-refractivity contribution in [3.05, 3.63) is 4.91 Å². The van der Waals surface area contributed by atoms with Crippen LogP contribution in [0.4, 0.5) is 4.79 Å². The molecule has 0 spiro atoms. The van der Waals surface area contributed by atoms with Gasteiger partial charge in [-0.05, 0) is 31.1 Å². The molecule has 8 heteroatoms. The molecule has 1 heterocycles. The number of hydrogen-bond donors (Lipinski definition) is 2. The molecule has 2 N–H and O–H groups in total. The standard InChI is InChI=1S/C13H19N3O5/c1-6(2)9(14-13(19)20)12(18)16-8-4-3-7(5-8)10(16)11(17)15-21/h6-10,14H,3-5H2,1-2H3,(H,19,20)/t7?,8?,9-,10-/m0/s1. The van der Waals surface area contributed by atoms with Crippen LogP contribution in [0.25, 0.3) is 0 Å². The van der Waals surface area contributed by atoms with E-state index in [1.165, 1.54) is 4.90 Å². The van der Waals surface area contributed by atoms with Gasteiger partial charge in [0.25, 0.3) is 0 Å². The maximum Gasteiger partial charge on any atom is 0.405 e. The molecule has 4 atom stereocenters. The van der Waals surface area contributed by atoms with E-state index in [4.69, 9.17) is 5.11 Å². The molecule has 2 bridgehead atoms. The highest BCUT2D eigenvalue weighted by atomic mass is 16.4. The van der Waals surface area contributed by atoms with Crippen LogP contribution in [0.15, 0.2) is 5.18 Å². The third-order valence-electron chi connectivity index (χ3n) is 4.39. The molecule has 3 amide bonds. The number of nitrogens with zero attached hydrogens (tertiary/aromatic N) is 2. The van der Waals surface area contributed by atoms with Crippen LogP contribution in [0, 0.1) is 16.7 Å². The van der Waals surface area contributed by atoms with Crippen molar-refractivity contribution in [1.82, 2.24) is 10.2 Å². The normalized spacial score (nSPS) is 28.5. The molecular formula is C13H19N3O5. The second-order valence-electron chi connectivity index (χ2n) is 6.02. The van der Waals surface area contributed by atoms with Gasteiger partial charge in [-0.15, -0.1) is 4.91 Å². The fourth-order valence-electron chi connectivity index (χ4n) is 3.48. The van der Waals surface area contributed by atoms with Crippen LogP contribution >= 0.6 is 0 Å². The van der Waals surface area contributed by atoms with Crippen LogP contribution in [-0.2, 0) is 9.59 Å². The van der Waals surface area contributed by atoms with Crippen molar-refractivity contribution in [3.8, 4) is 0 Å². The highest BCUT2D eigenvalue weighted by Crippen LogP contribution is 2.43. The van der Waals surface area contributed by atoms with E-state index in [9.17, 15) is 19.3 Å². The first kappa shape index (κ1) is 15.4. The van der Waals surface area contributed by atoms with Gasteiger partial charge in [-0.3, -0.25) is 9.59 Å². The molecule has 2 rings (SSSR count). The number of carboxylic acid groups (broad SMARTS) is 1. The van der Waals surface area contributed by atoms with E-state index in [1.54, 1.807) is 13.8 Å². The monoisotopic (exact) mass is 297 g/mol. The number of carbonyl (C=O) groups is 3. The van der Waals surface area contributed by atoms with Gasteiger partial charge in [-0.1, -0.05) is 13.8 Å². The molecule has 2 fully saturated rings. The van der Waals surface area contributed by atoms with Crippen LogP contribution in [0.3, 0.4) is 0 Å². The Balaban J connectivity index is 2.24. The lowest BCUT2D eigenvalue weighted by Gasteiger charge is -2.36. The number of piperidine rings is 1. The number of nitrogens with one attached hydrogen (secondary N) is 1. The largest absolute Gasteiger partial charge is 0.465 e. The van der Waals surface area contributed by atoms with Gasteiger partial charge in [-0.2, -0.15) is 0 Å². The van der Waals surface area contributed by atoms with Gasteiger partial charge in [0.1, 0.15) is 12.1 Å². The summed E-state index contributed by atoms with van der Waals surface area (Å²) >= 11 is 0. The second kappa shape index (κ2) is 5.79. The van der Waals surface area contributed by atoms with Crippen molar-refractivity contribution in [2.45, 2.75) is 51.2 Å². The Morgan fingerprint density at radius 3 is 2.48 bits per heavy atom. The van der Waals surface area contributed by atoms with E-state index < -0.39 is 30.0 Å². The SMILES string of the molecule is CC(C)[C@H](NC(=O)O)C(=O)N1C2CCC(C2)[C@H]1C(=O)N=O. The van der Waals surface area contributed by atoms with Crippen LogP contribution in [0.2, 0.25) is 0 Å². The molecule has 21 heavy (non-hydrogen) atoms. The molecule has 1 aliphatic heterocycles. The predicted octanol–water partition coefficient (Wildman–Crippen LogP) is 0.951. The number of hydrogen-bond acceptors (Lipinski definition) is 4. The third kappa shape index (κ3) is 2.74. The number of nitroso groups, excluding NO2 is 1. The number of fused-ring (bicyclic) bond motifs is 2. The van der Waals surface area contributed by atoms with Crippen LogP contribution in [0.5, 0.6) is 0 Å².